The largest absolute Gasteiger partial charge is 0.384 e. The van der Waals surface area contributed by atoms with Crippen molar-refractivity contribution in [1.82, 2.24) is 9.97 Å². The van der Waals surface area contributed by atoms with Crippen LogP contribution in [0.5, 0.6) is 0 Å². The lowest BCUT2D eigenvalue weighted by Crippen LogP contribution is -2.37. The molecule has 1 aromatic rings. The van der Waals surface area contributed by atoms with E-state index in [-0.39, 0.29) is 0 Å². The molecule has 94 valence electrons. The standard InChI is InChI=1S/C11H18N4O2/c1-2-16-8-10-13-9(12)7-11(14-10)15-3-5-17-6-4-15/h7H,2-6,8H2,1H3,(H2,12,13,14). The molecule has 1 aromatic heterocycles. The normalized spacial score (nSPS) is 16.2. The second-order valence-corrected chi connectivity index (χ2v) is 3.80. The van der Waals surface area contributed by atoms with Crippen molar-refractivity contribution >= 4 is 11.6 Å². The highest BCUT2D eigenvalue weighted by Crippen LogP contribution is 2.15. The molecule has 1 aliphatic heterocycles. The van der Waals surface area contributed by atoms with Gasteiger partial charge in [0.1, 0.15) is 18.2 Å². The van der Waals surface area contributed by atoms with Gasteiger partial charge in [-0.1, -0.05) is 0 Å². The Balaban J connectivity index is 2.12. The first-order valence-corrected chi connectivity index (χ1v) is 5.83. The predicted octanol–water partition coefficient (Wildman–Crippen LogP) is 0.432. The Morgan fingerprint density at radius 2 is 2.18 bits per heavy atom. The van der Waals surface area contributed by atoms with Crippen LogP contribution in [0.3, 0.4) is 0 Å². The third-order valence-electron chi connectivity index (χ3n) is 2.55. The fourth-order valence-electron chi connectivity index (χ4n) is 1.72. The SMILES string of the molecule is CCOCc1nc(N)cc(N2CCOCC2)n1. The average Bonchev–Trinajstić information content (AvgIpc) is 2.37. The van der Waals surface area contributed by atoms with E-state index >= 15 is 0 Å². The predicted molar refractivity (Wildman–Crippen MR) is 64.8 cm³/mol. The van der Waals surface area contributed by atoms with Gasteiger partial charge < -0.3 is 20.1 Å². The van der Waals surface area contributed by atoms with E-state index in [0.717, 1.165) is 32.1 Å². The van der Waals surface area contributed by atoms with Gasteiger partial charge in [0.15, 0.2) is 5.82 Å². The molecule has 0 saturated carbocycles. The first kappa shape index (κ1) is 12.1. The number of rotatable bonds is 4. The minimum Gasteiger partial charge on any atom is -0.384 e. The van der Waals surface area contributed by atoms with E-state index in [0.29, 0.717) is 24.9 Å². The molecule has 1 fully saturated rings. The van der Waals surface area contributed by atoms with Gasteiger partial charge in [0.05, 0.1) is 13.2 Å². The van der Waals surface area contributed by atoms with Gasteiger partial charge in [-0.15, -0.1) is 0 Å². The molecule has 2 heterocycles. The molecule has 1 saturated heterocycles. The molecule has 17 heavy (non-hydrogen) atoms. The van der Waals surface area contributed by atoms with Crippen molar-refractivity contribution in [2.75, 3.05) is 43.5 Å². The summed E-state index contributed by atoms with van der Waals surface area (Å²) < 4.78 is 10.6. The number of hydrogen-bond donors (Lipinski definition) is 1. The Labute approximate surface area is 101 Å². The number of morpholine rings is 1. The van der Waals surface area contributed by atoms with Crippen molar-refractivity contribution in [3.05, 3.63) is 11.9 Å². The quantitative estimate of drug-likeness (QED) is 0.820. The molecule has 0 aromatic carbocycles. The molecule has 2 N–H and O–H groups in total. The molecule has 2 rings (SSSR count). The molecule has 0 bridgehead atoms. The van der Waals surface area contributed by atoms with E-state index in [9.17, 15) is 0 Å². The highest BCUT2D eigenvalue weighted by Gasteiger charge is 2.14. The Morgan fingerprint density at radius 1 is 1.41 bits per heavy atom. The maximum Gasteiger partial charge on any atom is 0.158 e. The Kier molecular flexibility index (Phi) is 4.11. The van der Waals surface area contributed by atoms with Gasteiger partial charge in [0.2, 0.25) is 0 Å². The smallest absolute Gasteiger partial charge is 0.158 e. The van der Waals surface area contributed by atoms with Crippen LogP contribution in [0.25, 0.3) is 0 Å². The topological polar surface area (TPSA) is 73.5 Å². The number of aromatic nitrogens is 2. The zero-order valence-corrected chi connectivity index (χ0v) is 10.1. The van der Waals surface area contributed by atoms with E-state index in [1.165, 1.54) is 0 Å². The molecule has 0 unspecified atom stereocenters. The van der Waals surface area contributed by atoms with E-state index in [2.05, 4.69) is 14.9 Å². The van der Waals surface area contributed by atoms with E-state index in [1.807, 2.05) is 6.92 Å². The summed E-state index contributed by atoms with van der Waals surface area (Å²) in [5.41, 5.74) is 5.77. The van der Waals surface area contributed by atoms with Crippen LogP contribution in [0.1, 0.15) is 12.7 Å². The molecule has 1 aliphatic rings. The molecule has 0 spiro atoms. The lowest BCUT2D eigenvalue weighted by molar-refractivity contribution is 0.121. The summed E-state index contributed by atoms with van der Waals surface area (Å²) in [5.74, 6) is 1.97. The number of anilines is 2. The number of hydrogen-bond acceptors (Lipinski definition) is 6. The van der Waals surface area contributed by atoms with Crippen LogP contribution in [-0.2, 0) is 16.1 Å². The molecule has 6 nitrogen and oxygen atoms in total. The van der Waals surface area contributed by atoms with Crippen LogP contribution in [0, 0.1) is 0 Å². The molecule has 6 heteroatoms. The van der Waals surface area contributed by atoms with E-state index in [1.54, 1.807) is 6.07 Å². The molecule has 0 radical (unpaired) electrons. The van der Waals surface area contributed by atoms with Gasteiger partial charge in [-0.05, 0) is 6.92 Å². The van der Waals surface area contributed by atoms with Gasteiger partial charge in [0.25, 0.3) is 0 Å². The molecule has 0 amide bonds. The number of ether oxygens (including phenoxy) is 2. The van der Waals surface area contributed by atoms with Crippen LogP contribution >= 0.6 is 0 Å². The second-order valence-electron chi connectivity index (χ2n) is 3.80. The zero-order chi connectivity index (χ0) is 12.1. The fraction of sp³-hybridized carbons (Fsp3) is 0.636. The number of nitrogens with zero attached hydrogens (tertiary/aromatic N) is 3. The Bertz CT molecular complexity index is 366. The van der Waals surface area contributed by atoms with Gasteiger partial charge in [-0.3, -0.25) is 0 Å². The summed E-state index contributed by atoms with van der Waals surface area (Å²) >= 11 is 0. The van der Waals surface area contributed by atoms with Crippen LogP contribution in [0.4, 0.5) is 11.6 Å². The van der Waals surface area contributed by atoms with Crippen LogP contribution in [0.15, 0.2) is 6.07 Å². The number of nitrogen functional groups attached to an aromatic ring is 1. The molecular weight excluding hydrogens is 220 g/mol. The maximum absolute atomic E-state index is 5.77. The molecule has 0 aliphatic carbocycles. The summed E-state index contributed by atoms with van der Waals surface area (Å²) in [6.07, 6.45) is 0. The van der Waals surface area contributed by atoms with Gasteiger partial charge in [-0.2, -0.15) is 0 Å². The van der Waals surface area contributed by atoms with Gasteiger partial charge >= 0.3 is 0 Å². The highest BCUT2D eigenvalue weighted by molar-refractivity contribution is 5.47. The van der Waals surface area contributed by atoms with E-state index in [4.69, 9.17) is 15.2 Å². The van der Waals surface area contributed by atoms with Crippen molar-refractivity contribution in [2.45, 2.75) is 13.5 Å². The first-order valence-electron chi connectivity index (χ1n) is 5.83. The lowest BCUT2D eigenvalue weighted by Gasteiger charge is -2.28. The van der Waals surface area contributed by atoms with Crippen LogP contribution in [0.2, 0.25) is 0 Å². The number of nitrogens with two attached hydrogens (primary N) is 1. The first-order chi connectivity index (χ1) is 8.29. The molecular formula is C11H18N4O2. The van der Waals surface area contributed by atoms with Gasteiger partial charge in [0, 0.05) is 25.8 Å². The summed E-state index contributed by atoms with van der Waals surface area (Å²) in [4.78, 5) is 10.7. The minimum atomic E-state index is 0.402. The van der Waals surface area contributed by atoms with E-state index < -0.39 is 0 Å². The third kappa shape index (κ3) is 3.28. The van der Waals surface area contributed by atoms with Crippen molar-refractivity contribution in [3.8, 4) is 0 Å². The fourth-order valence-corrected chi connectivity index (χ4v) is 1.72. The van der Waals surface area contributed by atoms with Crippen molar-refractivity contribution < 1.29 is 9.47 Å². The van der Waals surface area contributed by atoms with Crippen molar-refractivity contribution in [1.29, 1.82) is 0 Å². The summed E-state index contributed by atoms with van der Waals surface area (Å²) in [5, 5.41) is 0. The zero-order valence-electron chi connectivity index (χ0n) is 10.1. The van der Waals surface area contributed by atoms with Crippen molar-refractivity contribution in [2.24, 2.45) is 0 Å². The second kappa shape index (κ2) is 5.79. The average molecular weight is 238 g/mol. The lowest BCUT2D eigenvalue weighted by atomic mass is 10.4. The summed E-state index contributed by atoms with van der Waals surface area (Å²) in [7, 11) is 0. The Hall–Kier alpha value is -1.40. The highest BCUT2D eigenvalue weighted by atomic mass is 16.5. The van der Waals surface area contributed by atoms with Crippen LogP contribution < -0.4 is 10.6 Å². The van der Waals surface area contributed by atoms with Crippen LogP contribution in [-0.4, -0.2) is 42.9 Å². The minimum absolute atomic E-state index is 0.402. The van der Waals surface area contributed by atoms with Gasteiger partial charge in [-0.25, -0.2) is 9.97 Å². The monoisotopic (exact) mass is 238 g/mol. The Morgan fingerprint density at radius 3 is 2.88 bits per heavy atom. The summed E-state index contributed by atoms with van der Waals surface area (Å²) in [6.45, 7) is 6.11. The molecule has 0 atom stereocenters. The summed E-state index contributed by atoms with van der Waals surface area (Å²) in [6, 6.07) is 1.79. The van der Waals surface area contributed by atoms with Crippen molar-refractivity contribution in [3.63, 3.8) is 0 Å². The third-order valence-corrected chi connectivity index (χ3v) is 2.55. The maximum atomic E-state index is 5.77.